The lowest BCUT2D eigenvalue weighted by Gasteiger charge is -2.34. The number of carbonyl (C=O) groups is 1. The van der Waals surface area contributed by atoms with Gasteiger partial charge in [-0.1, -0.05) is 58.1 Å². The van der Waals surface area contributed by atoms with Crippen molar-refractivity contribution in [1.29, 1.82) is 0 Å². The van der Waals surface area contributed by atoms with Crippen LogP contribution >= 0.6 is 0 Å². The van der Waals surface area contributed by atoms with Gasteiger partial charge in [-0.15, -0.1) is 0 Å². The van der Waals surface area contributed by atoms with Crippen molar-refractivity contribution in [2.24, 2.45) is 5.41 Å². The highest BCUT2D eigenvalue weighted by molar-refractivity contribution is 5.82. The first kappa shape index (κ1) is 25.6. The normalized spacial score (nSPS) is 17.8. The maximum atomic E-state index is 13.0. The van der Waals surface area contributed by atoms with E-state index in [1.54, 1.807) is 0 Å². The molecule has 3 rings (SSSR count). The Balaban J connectivity index is 1.38. The largest absolute Gasteiger partial charge is 0.493 e. The summed E-state index contributed by atoms with van der Waals surface area (Å²) in [6.45, 7) is 14.4. The zero-order chi connectivity index (χ0) is 23.8. The number of benzene rings is 1. The average molecular weight is 453 g/mol. The molecule has 0 atom stereocenters. The third-order valence-corrected chi connectivity index (χ3v) is 7.10. The van der Waals surface area contributed by atoms with Crippen molar-refractivity contribution in [3.05, 3.63) is 53.1 Å². The van der Waals surface area contributed by atoms with Gasteiger partial charge in [-0.05, 0) is 74.1 Å². The Morgan fingerprint density at radius 2 is 1.97 bits per heavy atom. The van der Waals surface area contributed by atoms with Crippen LogP contribution in [0.3, 0.4) is 0 Å². The molecule has 182 valence electrons. The molecule has 1 saturated heterocycles. The van der Waals surface area contributed by atoms with Gasteiger partial charge in [0.2, 0.25) is 5.91 Å². The van der Waals surface area contributed by atoms with Crippen molar-refractivity contribution in [1.82, 2.24) is 10.2 Å². The molecule has 0 spiro atoms. The molecule has 1 aromatic rings. The third-order valence-electron chi connectivity index (χ3n) is 7.10. The van der Waals surface area contributed by atoms with Crippen LogP contribution in [-0.2, 0) is 4.79 Å². The topological polar surface area (TPSA) is 41.6 Å². The smallest absolute Gasteiger partial charge is 0.225 e. The lowest BCUT2D eigenvalue weighted by atomic mass is 9.86. The summed E-state index contributed by atoms with van der Waals surface area (Å²) in [6, 6.07) is 6.76. The lowest BCUT2D eigenvalue weighted by Crippen LogP contribution is -2.48. The molecule has 33 heavy (non-hydrogen) atoms. The summed E-state index contributed by atoms with van der Waals surface area (Å²) in [4.78, 5) is 15.5. The van der Waals surface area contributed by atoms with Crippen LogP contribution in [0.4, 0.5) is 0 Å². The highest BCUT2D eigenvalue weighted by Gasteiger charge is 2.30. The highest BCUT2D eigenvalue weighted by atomic mass is 16.5. The molecule has 1 fully saturated rings. The molecule has 4 heteroatoms. The standard InChI is InChI=1S/C29H44N2O2/c1-22(2)25-13-12-23(3)27(20-25)33-19-9-16-29(4,5)28(32)30-26-14-17-31(18-15-26)21-24-10-7-6-8-11-24/h7,10-13,20,22,26H,6,8-9,14-19,21H2,1-5H3,(H,30,32). The molecule has 0 bridgehead atoms. The van der Waals surface area contributed by atoms with Crippen LogP contribution < -0.4 is 10.1 Å². The van der Waals surface area contributed by atoms with Crippen LogP contribution in [0.5, 0.6) is 5.75 Å². The second-order valence-electron chi connectivity index (χ2n) is 10.8. The Morgan fingerprint density at radius 3 is 2.64 bits per heavy atom. The van der Waals surface area contributed by atoms with E-state index in [9.17, 15) is 4.79 Å². The fraction of sp³-hybridized carbons (Fsp3) is 0.621. The fourth-order valence-corrected chi connectivity index (χ4v) is 4.60. The Bertz CT molecular complexity index is 845. The van der Waals surface area contributed by atoms with Gasteiger partial charge in [0.15, 0.2) is 0 Å². The second kappa shape index (κ2) is 11.9. The van der Waals surface area contributed by atoms with Crippen molar-refractivity contribution < 1.29 is 9.53 Å². The number of allylic oxidation sites excluding steroid dienone is 2. The summed E-state index contributed by atoms with van der Waals surface area (Å²) in [6.07, 6.45) is 13.0. The number of hydrogen-bond donors (Lipinski definition) is 1. The molecule has 1 amide bonds. The van der Waals surface area contributed by atoms with E-state index in [2.05, 4.69) is 81.3 Å². The number of amides is 1. The summed E-state index contributed by atoms with van der Waals surface area (Å²) in [5, 5.41) is 3.34. The zero-order valence-electron chi connectivity index (χ0n) is 21.5. The van der Waals surface area contributed by atoms with Gasteiger partial charge < -0.3 is 10.1 Å². The van der Waals surface area contributed by atoms with Gasteiger partial charge in [-0.2, -0.15) is 0 Å². The van der Waals surface area contributed by atoms with E-state index in [0.717, 1.165) is 51.1 Å². The van der Waals surface area contributed by atoms with Crippen molar-refractivity contribution >= 4 is 5.91 Å². The Kier molecular flexibility index (Phi) is 9.19. The molecule has 0 aromatic heterocycles. The molecular formula is C29H44N2O2. The number of nitrogens with one attached hydrogen (secondary N) is 1. The molecule has 0 saturated carbocycles. The van der Waals surface area contributed by atoms with E-state index in [1.807, 2.05) is 0 Å². The van der Waals surface area contributed by atoms with Crippen molar-refractivity contribution in [3.63, 3.8) is 0 Å². The van der Waals surface area contributed by atoms with Crippen molar-refractivity contribution in [2.45, 2.75) is 85.1 Å². The van der Waals surface area contributed by atoms with E-state index >= 15 is 0 Å². The summed E-state index contributed by atoms with van der Waals surface area (Å²) in [7, 11) is 0. The van der Waals surface area contributed by atoms with Crippen LogP contribution in [0.1, 0.15) is 83.3 Å². The number of aryl methyl sites for hydroxylation is 1. The first-order valence-electron chi connectivity index (χ1n) is 12.9. The zero-order valence-corrected chi connectivity index (χ0v) is 21.5. The Morgan fingerprint density at radius 1 is 1.21 bits per heavy atom. The van der Waals surface area contributed by atoms with Gasteiger partial charge in [0.25, 0.3) is 0 Å². The van der Waals surface area contributed by atoms with Crippen LogP contribution in [0.25, 0.3) is 0 Å². The molecular weight excluding hydrogens is 408 g/mol. The van der Waals surface area contributed by atoms with Gasteiger partial charge in [-0.3, -0.25) is 9.69 Å². The SMILES string of the molecule is Cc1ccc(C(C)C)cc1OCCCC(C)(C)C(=O)NC1CCN(CC2=CCCC=C2)CC1. The minimum atomic E-state index is -0.382. The number of likely N-dealkylation sites (tertiary alicyclic amines) is 1. The summed E-state index contributed by atoms with van der Waals surface area (Å²) in [5.41, 5.74) is 3.53. The molecule has 1 aliphatic heterocycles. The predicted octanol–water partition coefficient (Wildman–Crippen LogP) is 6.16. The maximum absolute atomic E-state index is 13.0. The van der Waals surface area contributed by atoms with E-state index in [-0.39, 0.29) is 11.3 Å². The molecule has 0 radical (unpaired) electrons. The number of rotatable bonds is 10. The van der Waals surface area contributed by atoms with Crippen LogP contribution in [0.2, 0.25) is 0 Å². The van der Waals surface area contributed by atoms with Crippen molar-refractivity contribution in [3.8, 4) is 5.75 Å². The van der Waals surface area contributed by atoms with Crippen LogP contribution in [0.15, 0.2) is 42.0 Å². The first-order chi connectivity index (χ1) is 15.7. The monoisotopic (exact) mass is 452 g/mol. The highest BCUT2D eigenvalue weighted by Crippen LogP contribution is 2.27. The number of piperidine rings is 1. The Labute approximate surface area is 201 Å². The summed E-state index contributed by atoms with van der Waals surface area (Å²) >= 11 is 0. The van der Waals surface area contributed by atoms with E-state index in [0.29, 0.717) is 18.6 Å². The fourth-order valence-electron chi connectivity index (χ4n) is 4.60. The summed E-state index contributed by atoms with van der Waals surface area (Å²) < 4.78 is 6.08. The van der Waals surface area contributed by atoms with E-state index in [4.69, 9.17) is 4.74 Å². The average Bonchev–Trinajstić information content (AvgIpc) is 2.79. The molecule has 4 nitrogen and oxygen atoms in total. The van der Waals surface area contributed by atoms with Gasteiger partial charge in [0.05, 0.1) is 6.61 Å². The maximum Gasteiger partial charge on any atom is 0.225 e. The number of hydrogen-bond acceptors (Lipinski definition) is 3. The first-order valence-corrected chi connectivity index (χ1v) is 12.9. The molecule has 0 unspecified atom stereocenters. The van der Waals surface area contributed by atoms with Gasteiger partial charge in [0, 0.05) is 31.1 Å². The van der Waals surface area contributed by atoms with Gasteiger partial charge in [-0.25, -0.2) is 0 Å². The molecule has 1 N–H and O–H groups in total. The number of nitrogens with zero attached hydrogens (tertiary/aromatic N) is 1. The van der Waals surface area contributed by atoms with Crippen molar-refractivity contribution in [2.75, 3.05) is 26.2 Å². The van der Waals surface area contributed by atoms with Crippen LogP contribution in [-0.4, -0.2) is 43.1 Å². The number of ether oxygens (including phenoxy) is 1. The lowest BCUT2D eigenvalue weighted by molar-refractivity contribution is -0.130. The number of carbonyl (C=O) groups excluding carboxylic acids is 1. The quantitative estimate of drug-likeness (QED) is 0.432. The minimum absolute atomic E-state index is 0.178. The minimum Gasteiger partial charge on any atom is -0.493 e. The third kappa shape index (κ3) is 7.74. The van der Waals surface area contributed by atoms with Gasteiger partial charge >= 0.3 is 0 Å². The summed E-state index contributed by atoms with van der Waals surface area (Å²) in [5.74, 6) is 1.63. The molecule has 2 aliphatic rings. The second-order valence-corrected chi connectivity index (χ2v) is 10.8. The Hall–Kier alpha value is -2.07. The van der Waals surface area contributed by atoms with Crippen LogP contribution in [0, 0.1) is 12.3 Å². The molecule has 1 aliphatic carbocycles. The van der Waals surface area contributed by atoms with E-state index in [1.165, 1.54) is 29.5 Å². The predicted molar refractivity (Wildman–Crippen MR) is 138 cm³/mol. The molecule has 1 aromatic carbocycles. The molecule has 1 heterocycles. The van der Waals surface area contributed by atoms with Gasteiger partial charge in [0.1, 0.15) is 5.75 Å². The van der Waals surface area contributed by atoms with E-state index < -0.39 is 0 Å².